The molecule has 132 valence electrons. The van der Waals surface area contributed by atoms with Crippen LogP contribution in [-0.2, 0) is 14.3 Å². The van der Waals surface area contributed by atoms with Crippen LogP contribution in [0.1, 0.15) is 6.42 Å². The molecule has 2 amide bonds. The average molecular weight is 374 g/mol. The topological polar surface area (TPSA) is 70.7 Å². The Kier molecular flexibility index (Phi) is 7.30. The second kappa shape index (κ2) is 9.22. The van der Waals surface area contributed by atoms with E-state index in [4.69, 9.17) is 27.9 Å². The summed E-state index contributed by atoms with van der Waals surface area (Å²) in [5, 5.41) is 6.90. The Labute approximate surface area is 151 Å². The number of halogens is 2. The minimum absolute atomic E-state index is 0.105. The van der Waals surface area contributed by atoms with E-state index in [1.807, 2.05) is 0 Å². The van der Waals surface area contributed by atoms with Crippen molar-refractivity contribution in [1.29, 1.82) is 0 Å². The number of benzene rings is 1. The van der Waals surface area contributed by atoms with Crippen molar-refractivity contribution in [2.24, 2.45) is 5.92 Å². The van der Waals surface area contributed by atoms with E-state index in [1.165, 1.54) is 0 Å². The standard InChI is InChI=1S/C16H21Cl2N3O3/c1-24-5-4-19-2-3-20-16(23)11-6-15(22)21(10-11)14-8-12(17)7-13(18)9-14/h7-9,11,19H,2-6,10H2,1H3,(H,20,23). The van der Waals surface area contributed by atoms with Crippen LogP contribution in [0.15, 0.2) is 18.2 Å². The monoisotopic (exact) mass is 373 g/mol. The predicted molar refractivity (Wildman–Crippen MR) is 94.7 cm³/mol. The van der Waals surface area contributed by atoms with E-state index in [1.54, 1.807) is 30.2 Å². The summed E-state index contributed by atoms with van der Waals surface area (Å²) in [6, 6.07) is 4.95. The van der Waals surface area contributed by atoms with Crippen LogP contribution < -0.4 is 15.5 Å². The van der Waals surface area contributed by atoms with Crippen LogP contribution in [0.25, 0.3) is 0 Å². The maximum absolute atomic E-state index is 12.2. The first-order chi connectivity index (χ1) is 11.5. The second-order valence-electron chi connectivity index (χ2n) is 5.57. The maximum atomic E-state index is 12.2. The van der Waals surface area contributed by atoms with Crippen molar-refractivity contribution < 1.29 is 14.3 Å². The number of methoxy groups -OCH3 is 1. The van der Waals surface area contributed by atoms with Crippen molar-refractivity contribution in [3.05, 3.63) is 28.2 Å². The van der Waals surface area contributed by atoms with E-state index in [9.17, 15) is 9.59 Å². The number of ether oxygens (including phenoxy) is 1. The molecule has 0 spiro atoms. The van der Waals surface area contributed by atoms with Crippen molar-refractivity contribution in [1.82, 2.24) is 10.6 Å². The molecule has 0 saturated carbocycles. The fourth-order valence-electron chi connectivity index (χ4n) is 2.55. The summed E-state index contributed by atoms with van der Waals surface area (Å²) < 4.78 is 4.92. The van der Waals surface area contributed by atoms with E-state index >= 15 is 0 Å². The van der Waals surface area contributed by atoms with Gasteiger partial charge in [-0.1, -0.05) is 23.2 Å². The Morgan fingerprint density at radius 2 is 1.96 bits per heavy atom. The third-order valence-electron chi connectivity index (χ3n) is 3.74. The number of hydrogen-bond acceptors (Lipinski definition) is 4. The molecule has 8 heteroatoms. The summed E-state index contributed by atoms with van der Waals surface area (Å²) in [6.07, 6.45) is 0.188. The van der Waals surface area contributed by atoms with Gasteiger partial charge >= 0.3 is 0 Å². The fourth-order valence-corrected chi connectivity index (χ4v) is 3.06. The van der Waals surface area contributed by atoms with Gasteiger partial charge in [0.05, 0.1) is 12.5 Å². The molecule has 6 nitrogen and oxygen atoms in total. The molecule has 0 aliphatic carbocycles. The first-order valence-corrected chi connectivity index (χ1v) is 8.50. The van der Waals surface area contributed by atoms with Crippen molar-refractivity contribution in [2.75, 3.05) is 44.8 Å². The number of anilines is 1. The molecule has 1 saturated heterocycles. The summed E-state index contributed by atoms with van der Waals surface area (Å²) in [4.78, 5) is 25.9. The van der Waals surface area contributed by atoms with E-state index in [0.29, 0.717) is 42.0 Å². The molecule has 1 atom stereocenters. The van der Waals surface area contributed by atoms with Gasteiger partial charge in [0.25, 0.3) is 0 Å². The van der Waals surface area contributed by atoms with Crippen LogP contribution in [-0.4, -0.2) is 51.7 Å². The highest BCUT2D eigenvalue weighted by atomic mass is 35.5. The number of amides is 2. The van der Waals surface area contributed by atoms with Gasteiger partial charge in [-0.05, 0) is 18.2 Å². The highest BCUT2D eigenvalue weighted by Crippen LogP contribution is 2.30. The number of rotatable bonds is 8. The number of carbonyl (C=O) groups excluding carboxylic acids is 2. The van der Waals surface area contributed by atoms with E-state index in [0.717, 1.165) is 6.54 Å². The minimum Gasteiger partial charge on any atom is -0.383 e. The van der Waals surface area contributed by atoms with Crippen molar-refractivity contribution in [2.45, 2.75) is 6.42 Å². The number of nitrogens with one attached hydrogen (secondary N) is 2. The maximum Gasteiger partial charge on any atom is 0.227 e. The molecule has 1 aromatic rings. The lowest BCUT2D eigenvalue weighted by Crippen LogP contribution is -2.37. The van der Waals surface area contributed by atoms with E-state index in [-0.39, 0.29) is 24.2 Å². The molecule has 24 heavy (non-hydrogen) atoms. The molecule has 1 heterocycles. The Bertz CT molecular complexity index is 578. The summed E-state index contributed by atoms with van der Waals surface area (Å²) in [5.41, 5.74) is 0.619. The Hall–Kier alpha value is -1.34. The molecule has 1 unspecified atom stereocenters. The Balaban J connectivity index is 1.84. The summed E-state index contributed by atoms with van der Waals surface area (Å²) in [6.45, 7) is 2.86. The highest BCUT2D eigenvalue weighted by molar-refractivity contribution is 6.35. The van der Waals surface area contributed by atoms with Crippen molar-refractivity contribution in [3.8, 4) is 0 Å². The van der Waals surface area contributed by atoms with E-state index in [2.05, 4.69) is 10.6 Å². The van der Waals surface area contributed by atoms with Gasteiger partial charge in [0, 0.05) is 55.4 Å². The van der Waals surface area contributed by atoms with Gasteiger partial charge in [-0.15, -0.1) is 0 Å². The third-order valence-corrected chi connectivity index (χ3v) is 4.18. The van der Waals surface area contributed by atoms with Gasteiger partial charge in [0.15, 0.2) is 0 Å². The van der Waals surface area contributed by atoms with Crippen molar-refractivity contribution >= 4 is 40.7 Å². The average Bonchev–Trinajstić information content (AvgIpc) is 2.91. The van der Waals surface area contributed by atoms with Crippen molar-refractivity contribution in [3.63, 3.8) is 0 Å². The van der Waals surface area contributed by atoms with Crippen LogP contribution in [0.3, 0.4) is 0 Å². The van der Waals surface area contributed by atoms with Gasteiger partial charge < -0.3 is 20.3 Å². The van der Waals surface area contributed by atoms with Crippen LogP contribution in [0.4, 0.5) is 5.69 Å². The molecule has 1 fully saturated rings. The quantitative estimate of drug-likeness (QED) is 0.680. The molecule has 1 aliphatic heterocycles. The van der Waals surface area contributed by atoms with Crippen LogP contribution >= 0.6 is 23.2 Å². The zero-order valence-corrected chi connectivity index (χ0v) is 15.0. The third kappa shape index (κ3) is 5.34. The summed E-state index contributed by atoms with van der Waals surface area (Å²) in [5.74, 6) is -0.589. The number of hydrogen-bond donors (Lipinski definition) is 2. The Morgan fingerprint density at radius 3 is 2.62 bits per heavy atom. The van der Waals surface area contributed by atoms with Crippen LogP contribution in [0, 0.1) is 5.92 Å². The molecular formula is C16H21Cl2N3O3. The zero-order chi connectivity index (χ0) is 17.5. The van der Waals surface area contributed by atoms with Crippen LogP contribution in [0.2, 0.25) is 10.0 Å². The van der Waals surface area contributed by atoms with Gasteiger partial charge in [-0.2, -0.15) is 0 Å². The van der Waals surface area contributed by atoms with Gasteiger partial charge in [0.1, 0.15) is 0 Å². The SMILES string of the molecule is COCCNCCNC(=O)C1CC(=O)N(c2cc(Cl)cc(Cl)c2)C1. The number of nitrogens with zero attached hydrogens (tertiary/aromatic N) is 1. The first-order valence-electron chi connectivity index (χ1n) is 7.75. The minimum atomic E-state index is -0.366. The van der Waals surface area contributed by atoms with E-state index < -0.39 is 0 Å². The smallest absolute Gasteiger partial charge is 0.227 e. The normalized spacial score (nSPS) is 17.4. The van der Waals surface area contributed by atoms with Gasteiger partial charge in [-0.3, -0.25) is 9.59 Å². The molecule has 0 radical (unpaired) electrons. The lowest BCUT2D eigenvalue weighted by molar-refractivity contribution is -0.126. The molecule has 0 bridgehead atoms. The summed E-state index contributed by atoms with van der Waals surface area (Å²) in [7, 11) is 1.64. The highest BCUT2D eigenvalue weighted by Gasteiger charge is 2.35. The molecule has 0 aromatic heterocycles. The molecule has 2 N–H and O–H groups in total. The second-order valence-corrected chi connectivity index (χ2v) is 6.44. The fraction of sp³-hybridized carbons (Fsp3) is 0.500. The first kappa shape index (κ1) is 19.0. The Morgan fingerprint density at radius 1 is 1.25 bits per heavy atom. The molecule has 1 aromatic carbocycles. The lowest BCUT2D eigenvalue weighted by atomic mass is 10.1. The molecule has 1 aliphatic rings. The van der Waals surface area contributed by atoms with Crippen LogP contribution in [0.5, 0.6) is 0 Å². The number of carbonyl (C=O) groups is 2. The predicted octanol–water partition coefficient (Wildman–Crippen LogP) is 1.70. The summed E-state index contributed by atoms with van der Waals surface area (Å²) >= 11 is 12.0. The largest absolute Gasteiger partial charge is 0.383 e. The lowest BCUT2D eigenvalue weighted by Gasteiger charge is -2.17. The zero-order valence-electron chi connectivity index (χ0n) is 13.5. The van der Waals surface area contributed by atoms with Gasteiger partial charge in [-0.25, -0.2) is 0 Å². The van der Waals surface area contributed by atoms with Gasteiger partial charge in [0.2, 0.25) is 11.8 Å². The molecular weight excluding hydrogens is 353 g/mol. The molecule has 2 rings (SSSR count).